The number of methoxy groups -OCH3 is 2. The Hall–Kier alpha value is -2.75. The fourth-order valence-electron chi connectivity index (χ4n) is 3.37. The molecule has 1 aromatic heterocycles. The zero-order chi connectivity index (χ0) is 15.8. The standard InChI is InChI=1S/C19H18N2O2/c1-22-16-9-5-8-15(19(16)23-2)18-14-11-10-12-6-3-4-7-13(12)17(14)20-21-18/h3-9H,10-11H2,1-2H3,(H,20,21). The predicted octanol–water partition coefficient (Wildman–Crippen LogP) is 3.86. The van der Waals surface area contributed by atoms with Crippen LogP contribution in [-0.4, -0.2) is 24.4 Å². The largest absolute Gasteiger partial charge is 0.493 e. The Morgan fingerprint density at radius 1 is 0.913 bits per heavy atom. The van der Waals surface area contributed by atoms with Gasteiger partial charge in [-0.25, -0.2) is 0 Å². The minimum Gasteiger partial charge on any atom is -0.493 e. The summed E-state index contributed by atoms with van der Waals surface area (Å²) >= 11 is 0. The van der Waals surface area contributed by atoms with Crippen molar-refractivity contribution in [1.82, 2.24) is 10.2 Å². The molecule has 0 bridgehead atoms. The molecule has 1 aliphatic rings. The Labute approximate surface area is 135 Å². The van der Waals surface area contributed by atoms with Gasteiger partial charge in [0.1, 0.15) is 0 Å². The lowest BCUT2D eigenvalue weighted by molar-refractivity contribution is 0.356. The van der Waals surface area contributed by atoms with Crippen LogP contribution in [0.15, 0.2) is 42.5 Å². The number of aromatic amines is 1. The second-order valence-electron chi connectivity index (χ2n) is 5.62. The number of nitrogens with one attached hydrogen (secondary N) is 1. The Bertz CT molecular complexity index is 868. The number of fused-ring (bicyclic) bond motifs is 3. The number of benzene rings is 2. The second-order valence-corrected chi connectivity index (χ2v) is 5.62. The molecule has 1 heterocycles. The molecule has 4 nitrogen and oxygen atoms in total. The van der Waals surface area contributed by atoms with Gasteiger partial charge in [0, 0.05) is 16.7 Å². The second kappa shape index (κ2) is 5.47. The van der Waals surface area contributed by atoms with Crippen molar-refractivity contribution in [3.05, 3.63) is 53.6 Å². The first-order valence-electron chi connectivity index (χ1n) is 7.70. The van der Waals surface area contributed by atoms with Gasteiger partial charge in [0.05, 0.1) is 25.6 Å². The number of ether oxygens (including phenoxy) is 2. The number of para-hydroxylation sites is 1. The summed E-state index contributed by atoms with van der Waals surface area (Å²) in [7, 11) is 3.31. The molecular weight excluding hydrogens is 288 g/mol. The third kappa shape index (κ3) is 2.10. The van der Waals surface area contributed by atoms with Gasteiger partial charge >= 0.3 is 0 Å². The van der Waals surface area contributed by atoms with Gasteiger partial charge in [-0.2, -0.15) is 5.10 Å². The third-order valence-electron chi connectivity index (χ3n) is 4.46. The van der Waals surface area contributed by atoms with E-state index in [2.05, 4.69) is 34.5 Å². The maximum Gasteiger partial charge on any atom is 0.170 e. The average molecular weight is 306 g/mol. The fraction of sp³-hybridized carbons (Fsp3) is 0.211. The van der Waals surface area contributed by atoms with Crippen LogP contribution in [0.3, 0.4) is 0 Å². The van der Waals surface area contributed by atoms with Crippen molar-refractivity contribution >= 4 is 0 Å². The summed E-state index contributed by atoms with van der Waals surface area (Å²) in [6, 6.07) is 14.4. The average Bonchev–Trinajstić information content (AvgIpc) is 3.05. The lowest BCUT2D eigenvalue weighted by Gasteiger charge is -2.17. The Morgan fingerprint density at radius 3 is 2.57 bits per heavy atom. The van der Waals surface area contributed by atoms with Crippen LogP contribution in [0, 0.1) is 0 Å². The highest BCUT2D eigenvalue weighted by Gasteiger charge is 2.24. The number of aryl methyl sites for hydroxylation is 1. The fourth-order valence-corrected chi connectivity index (χ4v) is 3.37. The van der Waals surface area contributed by atoms with Gasteiger partial charge in [0.15, 0.2) is 11.5 Å². The van der Waals surface area contributed by atoms with Crippen LogP contribution in [0.5, 0.6) is 11.5 Å². The lowest BCUT2D eigenvalue weighted by Crippen LogP contribution is -2.03. The van der Waals surface area contributed by atoms with E-state index in [-0.39, 0.29) is 0 Å². The molecule has 0 amide bonds. The van der Waals surface area contributed by atoms with Gasteiger partial charge in [0.2, 0.25) is 0 Å². The van der Waals surface area contributed by atoms with E-state index in [1.165, 1.54) is 16.7 Å². The first-order valence-corrected chi connectivity index (χ1v) is 7.70. The van der Waals surface area contributed by atoms with E-state index in [4.69, 9.17) is 9.47 Å². The molecule has 4 rings (SSSR count). The molecule has 1 N–H and O–H groups in total. The minimum absolute atomic E-state index is 0.720. The zero-order valence-corrected chi connectivity index (χ0v) is 13.2. The van der Waals surface area contributed by atoms with Crippen LogP contribution in [0.2, 0.25) is 0 Å². The van der Waals surface area contributed by atoms with Crippen molar-refractivity contribution in [3.8, 4) is 34.0 Å². The molecule has 0 saturated carbocycles. The summed E-state index contributed by atoms with van der Waals surface area (Å²) in [6.45, 7) is 0. The summed E-state index contributed by atoms with van der Waals surface area (Å²) < 4.78 is 11.0. The van der Waals surface area contributed by atoms with Crippen molar-refractivity contribution in [2.75, 3.05) is 14.2 Å². The molecule has 116 valence electrons. The molecule has 0 spiro atoms. The maximum atomic E-state index is 5.57. The van der Waals surface area contributed by atoms with Gasteiger partial charge < -0.3 is 9.47 Å². The highest BCUT2D eigenvalue weighted by Crippen LogP contribution is 2.42. The first-order chi connectivity index (χ1) is 11.3. The van der Waals surface area contributed by atoms with Gasteiger partial charge in [-0.3, -0.25) is 5.10 Å². The SMILES string of the molecule is COc1cccc(-c2n[nH]c3c2CCc2ccccc2-3)c1OC. The molecule has 0 saturated heterocycles. The highest BCUT2D eigenvalue weighted by molar-refractivity contribution is 5.81. The van der Waals surface area contributed by atoms with Crippen molar-refractivity contribution in [1.29, 1.82) is 0 Å². The third-order valence-corrected chi connectivity index (χ3v) is 4.46. The van der Waals surface area contributed by atoms with Gasteiger partial charge in [-0.1, -0.05) is 30.3 Å². The normalized spacial score (nSPS) is 12.4. The van der Waals surface area contributed by atoms with E-state index in [1.54, 1.807) is 14.2 Å². The summed E-state index contributed by atoms with van der Waals surface area (Å²) in [4.78, 5) is 0. The van der Waals surface area contributed by atoms with Crippen LogP contribution >= 0.6 is 0 Å². The number of hydrogen-bond donors (Lipinski definition) is 1. The monoisotopic (exact) mass is 306 g/mol. The summed E-state index contributed by atoms with van der Waals surface area (Å²) in [5, 5.41) is 7.81. The van der Waals surface area contributed by atoms with Gasteiger partial charge in [0.25, 0.3) is 0 Å². The van der Waals surface area contributed by atoms with Crippen molar-refractivity contribution in [3.63, 3.8) is 0 Å². The van der Waals surface area contributed by atoms with Crippen molar-refractivity contribution < 1.29 is 9.47 Å². The first kappa shape index (κ1) is 13.9. The molecular formula is C19H18N2O2. The molecule has 2 aromatic carbocycles. The summed E-state index contributed by atoms with van der Waals surface area (Å²) in [6.07, 6.45) is 2.00. The molecule has 0 aliphatic heterocycles. The van der Waals surface area contributed by atoms with Crippen LogP contribution in [0.1, 0.15) is 11.1 Å². The number of rotatable bonds is 3. The molecule has 0 fully saturated rings. The van der Waals surface area contributed by atoms with Crippen molar-refractivity contribution in [2.24, 2.45) is 0 Å². The molecule has 0 atom stereocenters. The molecule has 23 heavy (non-hydrogen) atoms. The minimum atomic E-state index is 0.720. The number of aromatic nitrogens is 2. The Kier molecular flexibility index (Phi) is 3.30. The smallest absolute Gasteiger partial charge is 0.170 e. The number of hydrogen-bond acceptors (Lipinski definition) is 3. The topological polar surface area (TPSA) is 47.1 Å². The van der Waals surface area contributed by atoms with Gasteiger partial charge in [-0.05, 0) is 30.5 Å². The molecule has 1 aliphatic carbocycles. The van der Waals surface area contributed by atoms with E-state index in [9.17, 15) is 0 Å². The maximum absolute atomic E-state index is 5.57. The van der Waals surface area contributed by atoms with E-state index < -0.39 is 0 Å². The van der Waals surface area contributed by atoms with E-state index in [1.807, 2.05) is 18.2 Å². The van der Waals surface area contributed by atoms with Gasteiger partial charge in [-0.15, -0.1) is 0 Å². The Morgan fingerprint density at radius 2 is 1.74 bits per heavy atom. The Balaban J connectivity index is 1.90. The molecule has 0 unspecified atom stereocenters. The predicted molar refractivity (Wildman–Crippen MR) is 90.0 cm³/mol. The van der Waals surface area contributed by atoms with Crippen LogP contribution < -0.4 is 9.47 Å². The van der Waals surface area contributed by atoms with E-state index in [0.29, 0.717) is 0 Å². The lowest BCUT2D eigenvalue weighted by atomic mass is 9.88. The van der Waals surface area contributed by atoms with Crippen LogP contribution in [-0.2, 0) is 12.8 Å². The highest BCUT2D eigenvalue weighted by atomic mass is 16.5. The summed E-state index contributed by atoms with van der Waals surface area (Å²) in [5.74, 6) is 1.45. The molecule has 3 aromatic rings. The summed E-state index contributed by atoms with van der Waals surface area (Å²) in [5.41, 5.74) is 6.89. The van der Waals surface area contributed by atoms with E-state index in [0.717, 1.165) is 41.3 Å². The van der Waals surface area contributed by atoms with E-state index >= 15 is 0 Å². The zero-order valence-electron chi connectivity index (χ0n) is 13.2. The van der Waals surface area contributed by atoms with Crippen LogP contribution in [0.25, 0.3) is 22.5 Å². The quantitative estimate of drug-likeness (QED) is 0.799. The number of H-pyrrole nitrogens is 1. The molecule has 0 radical (unpaired) electrons. The number of nitrogens with zero attached hydrogens (tertiary/aromatic N) is 1. The van der Waals surface area contributed by atoms with Crippen molar-refractivity contribution in [2.45, 2.75) is 12.8 Å². The van der Waals surface area contributed by atoms with Crippen LogP contribution in [0.4, 0.5) is 0 Å². The molecule has 4 heteroatoms.